The molecular formula is C8H17NO5S. The maximum Gasteiger partial charge on any atom is 0.407 e. The van der Waals surface area contributed by atoms with Gasteiger partial charge in [-0.1, -0.05) is 6.92 Å². The molecule has 1 amide bonds. The molecular weight excluding hydrogens is 222 g/mol. The first-order valence-electron chi connectivity index (χ1n) is 4.73. The van der Waals surface area contributed by atoms with E-state index in [4.69, 9.17) is 5.11 Å². The number of alkyl carbamates (subject to hydrolysis) is 1. The van der Waals surface area contributed by atoms with Crippen LogP contribution < -0.4 is 5.32 Å². The maximum atomic E-state index is 11.1. The van der Waals surface area contributed by atoms with Gasteiger partial charge in [-0.05, 0) is 6.42 Å². The lowest BCUT2D eigenvalue weighted by molar-refractivity contribution is 0.147. The first kappa shape index (κ1) is 14.2. The van der Waals surface area contributed by atoms with Crippen molar-refractivity contribution in [1.29, 1.82) is 0 Å². The zero-order valence-corrected chi connectivity index (χ0v) is 9.55. The van der Waals surface area contributed by atoms with Gasteiger partial charge >= 0.3 is 6.09 Å². The summed E-state index contributed by atoms with van der Waals surface area (Å²) in [5, 5.41) is 10.7. The minimum atomic E-state index is -3.27. The van der Waals surface area contributed by atoms with Gasteiger partial charge in [-0.15, -0.1) is 0 Å². The lowest BCUT2D eigenvalue weighted by atomic mass is 10.5. The minimum Gasteiger partial charge on any atom is -0.450 e. The highest BCUT2D eigenvalue weighted by atomic mass is 32.2. The first-order valence-corrected chi connectivity index (χ1v) is 6.56. The predicted octanol–water partition coefficient (Wildman–Crippen LogP) is -0.470. The molecule has 0 aliphatic heterocycles. The Morgan fingerprint density at radius 3 is 2.60 bits per heavy atom. The third-order valence-corrected chi connectivity index (χ3v) is 3.15. The molecule has 0 saturated heterocycles. The third-order valence-electron chi connectivity index (χ3n) is 1.52. The Labute approximate surface area is 89.5 Å². The second-order valence-electron chi connectivity index (χ2n) is 2.94. The standard InChI is InChI=1S/C8H17NO5S/c1-2-5-14-8(11)9-3-6-15(12,13)7-4-10/h10H,2-7H2,1H3,(H,9,11). The Morgan fingerprint density at radius 2 is 2.07 bits per heavy atom. The molecule has 15 heavy (non-hydrogen) atoms. The molecule has 2 N–H and O–H groups in total. The number of amides is 1. The lowest BCUT2D eigenvalue weighted by Crippen LogP contribution is -2.30. The zero-order valence-electron chi connectivity index (χ0n) is 8.73. The van der Waals surface area contributed by atoms with Gasteiger partial charge in [-0.3, -0.25) is 0 Å². The maximum absolute atomic E-state index is 11.1. The topological polar surface area (TPSA) is 92.7 Å². The van der Waals surface area contributed by atoms with Gasteiger partial charge in [-0.2, -0.15) is 0 Å². The summed E-state index contributed by atoms with van der Waals surface area (Å²) in [5.41, 5.74) is 0. The molecule has 0 aromatic carbocycles. The summed E-state index contributed by atoms with van der Waals surface area (Å²) in [5.74, 6) is -0.465. The van der Waals surface area contributed by atoms with Crippen LogP contribution in [0.3, 0.4) is 0 Å². The SMILES string of the molecule is CCCOC(=O)NCCS(=O)(=O)CCO. The number of carbonyl (C=O) groups excluding carboxylic acids is 1. The van der Waals surface area contributed by atoms with E-state index in [-0.39, 0.29) is 18.1 Å². The Hall–Kier alpha value is -0.820. The van der Waals surface area contributed by atoms with Gasteiger partial charge in [0, 0.05) is 6.54 Å². The van der Waals surface area contributed by atoms with Crippen LogP contribution in [0.25, 0.3) is 0 Å². The third kappa shape index (κ3) is 8.19. The summed E-state index contributed by atoms with van der Waals surface area (Å²) in [6, 6.07) is 0. The van der Waals surface area contributed by atoms with Crippen LogP contribution in [0.2, 0.25) is 0 Å². The molecule has 0 radical (unpaired) electrons. The number of aliphatic hydroxyl groups excluding tert-OH is 1. The quantitative estimate of drug-likeness (QED) is 0.626. The van der Waals surface area contributed by atoms with Crippen molar-refractivity contribution in [1.82, 2.24) is 5.32 Å². The van der Waals surface area contributed by atoms with E-state index in [9.17, 15) is 13.2 Å². The van der Waals surface area contributed by atoms with E-state index in [1.807, 2.05) is 6.92 Å². The molecule has 0 atom stereocenters. The molecule has 0 fully saturated rings. The van der Waals surface area contributed by atoms with Crippen LogP contribution in [0.15, 0.2) is 0 Å². The monoisotopic (exact) mass is 239 g/mol. The van der Waals surface area contributed by atoms with Gasteiger partial charge in [0.15, 0.2) is 9.84 Å². The second kappa shape index (κ2) is 7.47. The van der Waals surface area contributed by atoms with Gasteiger partial charge in [0.2, 0.25) is 0 Å². The van der Waals surface area contributed by atoms with E-state index in [1.54, 1.807) is 0 Å². The van der Waals surface area contributed by atoms with E-state index in [1.165, 1.54) is 0 Å². The van der Waals surface area contributed by atoms with Crippen molar-refractivity contribution in [2.75, 3.05) is 31.3 Å². The largest absolute Gasteiger partial charge is 0.450 e. The van der Waals surface area contributed by atoms with Crippen molar-refractivity contribution >= 4 is 15.9 Å². The number of sulfone groups is 1. The number of aliphatic hydroxyl groups is 1. The molecule has 0 aliphatic rings. The van der Waals surface area contributed by atoms with Crippen LogP contribution in [0.4, 0.5) is 4.79 Å². The van der Waals surface area contributed by atoms with Gasteiger partial charge in [-0.25, -0.2) is 13.2 Å². The summed E-state index contributed by atoms with van der Waals surface area (Å²) in [6.07, 6.45) is 0.104. The van der Waals surface area contributed by atoms with E-state index in [2.05, 4.69) is 10.1 Å². The molecule has 0 spiro atoms. The molecule has 90 valence electrons. The van der Waals surface area contributed by atoms with Gasteiger partial charge in [0.25, 0.3) is 0 Å². The molecule has 0 saturated carbocycles. The zero-order chi connectivity index (χ0) is 11.7. The number of rotatable bonds is 7. The van der Waals surface area contributed by atoms with Crippen molar-refractivity contribution in [3.63, 3.8) is 0 Å². The Kier molecular flexibility index (Phi) is 7.06. The summed E-state index contributed by atoms with van der Waals surface area (Å²) < 4.78 is 26.8. The summed E-state index contributed by atoms with van der Waals surface area (Å²) in [7, 11) is -3.27. The smallest absolute Gasteiger partial charge is 0.407 e. The molecule has 0 heterocycles. The fourth-order valence-electron chi connectivity index (χ4n) is 0.796. The fraction of sp³-hybridized carbons (Fsp3) is 0.875. The number of carbonyl (C=O) groups is 1. The van der Waals surface area contributed by atoms with E-state index < -0.39 is 22.5 Å². The summed E-state index contributed by atoms with van der Waals surface area (Å²) in [6.45, 7) is 1.78. The first-order chi connectivity index (χ1) is 7.02. The van der Waals surface area contributed by atoms with Crippen molar-refractivity contribution in [2.45, 2.75) is 13.3 Å². The van der Waals surface area contributed by atoms with Crippen molar-refractivity contribution in [3.8, 4) is 0 Å². The van der Waals surface area contributed by atoms with Crippen LogP contribution >= 0.6 is 0 Å². The molecule has 0 aliphatic carbocycles. The minimum absolute atomic E-state index is 0.00484. The number of hydrogen-bond acceptors (Lipinski definition) is 5. The molecule has 0 aromatic heterocycles. The molecule has 0 unspecified atom stereocenters. The fourth-order valence-corrected chi connectivity index (χ4v) is 1.69. The second-order valence-corrected chi connectivity index (χ2v) is 5.24. The van der Waals surface area contributed by atoms with Crippen molar-refractivity contribution < 1.29 is 23.1 Å². The van der Waals surface area contributed by atoms with E-state index in [0.29, 0.717) is 6.61 Å². The van der Waals surface area contributed by atoms with Crippen LogP contribution in [-0.2, 0) is 14.6 Å². The van der Waals surface area contributed by atoms with Crippen LogP contribution in [-0.4, -0.2) is 50.9 Å². The van der Waals surface area contributed by atoms with Crippen molar-refractivity contribution in [3.05, 3.63) is 0 Å². The van der Waals surface area contributed by atoms with E-state index >= 15 is 0 Å². The highest BCUT2D eigenvalue weighted by molar-refractivity contribution is 7.91. The van der Waals surface area contributed by atoms with Gasteiger partial charge < -0.3 is 15.2 Å². The Bertz CT molecular complexity index is 275. The van der Waals surface area contributed by atoms with Gasteiger partial charge in [0.1, 0.15) is 0 Å². The van der Waals surface area contributed by atoms with Gasteiger partial charge in [0.05, 0.1) is 24.7 Å². The molecule has 6 nitrogen and oxygen atoms in total. The molecule has 7 heteroatoms. The average molecular weight is 239 g/mol. The molecule has 0 rings (SSSR count). The average Bonchev–Trinajstić information content (AvgIpc) is 2.14. The molecule has 0 aromatic rings. The summed E-state index contributed by atoms with van der Waals surface area (Å²) in [4.78, 5) is 10.9. The lowest BCUT2D eigenvalue weighted by Gasteiger charge is -2.05. The Morgan fingerprint density at radius 1 is 1.40 bits per heavy atom. The van der Waals surface area contributed by atoms with Crippen molar-refractivity contribution in [2.24, 2.45) is 0 Å². The highest BCUT2D eigenvalue weighted by Gasteiger charge is 2.10. The summed E-state index contributed by atoms with van der Waals surface area (Å²) >= 11 is 0. The van der Waals surface area contributed by atoms with Crippen LogP contribution in [0.1, 0.15) is 13.3 Å². The molecule has 0 bridgehead atoms. The van der Waals surface area contributed by atoms with E-state index in [0.717, 1.165) is 6.42 Å². The highest BCUT2D eigenvalue weighted by Crippen LogP contribution is 1.88. The van der Waals surface area contributed by atoms with Crippen LogP contribution in [0, 0.1) is 0 Å². The number of hydrogen-bond donors (Lipinski definition) is 2. The number of ether oxygens (including phenoxy) is 1. The number of nitrogens with one attached hydrogen (secondary N) is 1. The van der Waals surface area contributed by atoms with Crippen LogP contribution in [0.5, 0.6) is 0 Å². The Balaban J connectivity index is 3.65. The normalized spacial score (nSPS) is 11.1. The predicted molar refractivity (Wildman–Crippen MR) is 55.4 cm³/mol.